The van der Waals surface area contributed by atoms with Gasteiger partial charge in [0.2, 0.25) is 12.3 Å². The number of rotatable bonds is 2. The van der Waals surface area contributed by atoms with Crippen LogP contribution in [0.25, 0.3) is 0 Å². The van der Waals surface area contributed by atoms with E-state index in [2.05, 4.69) is 10.2 Å². The van der Waals surface area contributed by atoms with E-state index in [1.165, 1.54) is 25.7 Å². The van der Waals surface area contributed by atoms with Gasteiger partial charge in [0.25, 0.3) is 0 Å². The Bertz CT molecular complexity index is 191. The third-order valence-corrected chi connectivity index (χ3v) is 2.09. The Morgan fingerprint density at radius 1 is 1.60 bits per heavy atom. The fourth-order valence-electron chi connectivity index (χ4n) is 1.23. The summed E-state index contributed by atoms with van der Waals surface area (Å²) in [6, 6.07) is 0. The van der Waals surface area contributed by atoms with Gasteiger partial charge in [0, 0.05) is 6.42 Å². The summed E-state index contributed by atoms with van der Waals surface area (Å²) in [4.78, 5) is 0. The highest BCUT2D eigenvalue weighted by Gasteiger charge is 2.19. The third kappa shape index (κ3) is 1.03. The van der Waals surface area contributed by atoms with Crippen molar-refractivity contribution in [1.82, 2.24) is 10.2 Å². The van der Waals surface area contributed by atoms with Crippen molar-refractivity contribution >= 4 is 0 Å². The molecule has 1 aliphatic carbocycles. The third-order valence-electron chi connectivity index (χ3n) is 2.09. The molecule has 2 rings (SSSR count). The highest BCUT2D eigenvalue weighted by molar-refractivity contribution is 4.81. The minimum absolute atomic E-state index is 0.796. The van der Waals surface area contributed by atoms with Gasteiger partial charge in [0.1, 0.15) is 0 Å². The van der Waals surface area contributed by atoms with Crippen LogP contribution in [0.15, 0.2) is 10.8 Å². The lowest BCUT2D eigenvalue weighted by atomic mass is 9.83. The highest BCUT2D eigenvalue weighted by atomic mass is 16.4. The molecular formula is C7H10N2O. The summed E-state index contributed by atoms with van der Waals surface area (Å²) in [5.41, 5.74) is 0. The summed E-state index contributed by atoms with van der Waals surface area (Å²) in [7, 11) is 0. The maximum Gasteiger partial charge on any atom is 0.216 e. The van der Waals surface area contributed by atoms with Gasteiger partial charge in [-0.25, -0.2) is 0 Å². The van der Waals surface area contributed by atoms with Crippen LogP contribution in [0.2, 0.25) is 0 Å². The Hall–Kier alpha value is -0.860. The average Bonchev–Trinajstić information content (AvgIpc) is 2.29. The molecular weight excluding hydrogens is 128 g/mol. The molecule has 10 heavy (non-hydrogen) atoms. The van der Waals surface area contributed by atoms with E-state index in [4.69, 9.17) is 4.42 Å². The molecule has 1 aromatic rings. The quantitative estimate of drug-likeness (QED) is 0.620. The number of aromatic nitrogens is 2. The number of hydrogen-bond acceptors (Lipinski definition) is 3. The summed E-state index contributed by atoms with van der Waals surface area (Å²) in [5.74, 6) is 1.62. The van der Waals surface area contributed by atoms with Crippen molar-refractivity contribution in [3.05, 3.63) is 12.3 Å². The van der Waals surface area contributed by atoms with E-state index >= 15 is 0 Å². The van der Waals surface area contributed by atoms with E-state index in [9.17, 15) is 0 Å². The van der Waals surface area contributed by atoms with E-state index in [0.717, 1.165) is 18.2 Å². The predicted molar refractivity (Wildman–Crippen MR) is 35.3 cm³/mol. The van der Waals surface area contributed by atoms with Gasteiger partial charge in [-0.05, 0) is 18.8 Å². The van der Waals surface area contributed by atoms with Crippen LogP contribution in [0.5, 0.6) is 0 Å². The second-order valence-corrected chi connectivity index (χ2v) is 2.83. The summed E-state index contributed by atoms with van der Waals surface area (Å²) in [6.45, 7) is 0. The molecule has 0 spiro atoms. The topological polar surface area (TPSA) is 38.9 Å². The van der Waals surface area contributed by atoms with Crippen LogP contribution < -0.4 is 0 Å². The first kappa shape index (κ1) is 5.89. The molecule has 0 bridgehead atoms. The van der Waals surface area contributed by atoms with E-state index in [-0.39, 0.29) is 0 Å². The molecule has 1 aromatic heterocycles. The van der Waals surface area contributed by atoms with Gasteiger partial charge in [-0.2, -0.15) is 0 Å². The molecule has 1 saturated carbocycles. The molecule has 1 aliphatic rings. The largest absolute Gasteiger partial charge is 0.428 e. The highest BCUT2D eigenvalue weighted by Crippen LogP contribution is 2.28. The second kappa shape index (κ2) is 2.40. The van der Waals surface area contributed by atoms with Crippen molar-refractivity contribution in [2.75, 3.05) is 0 Å². The molecule has 0 aromatic carbocycles. The molecule has 3 nitrogen and oxygen atoms in total. The van der Waals surface area contributed by atoms with Gasteiger partial charge in [0.15, 0.2) is 0 Å². The van der Waals surface area contributed by atoms with E-state index in [0.29, 0.717) is 0 Å². The van der Waals surface area contributed by atoms with Crippen molar-refractivity contribution in [3.8, 4) is 0 Å². The van der Waals surface area contributed by atoms with Gasteiger partial charge < -0.3 is 4.42 Å². The molecule has 0 amide bonds. The van der Waals surface area contributed by atoms with Crippen molar-refractivity contribution in [2.24, 2.45) is 5.92 Å². The van der Waals surface area contributed by atoms with Gasteiger partial charge in [-0.15, -0.1) is 10.2 Å². The Kier molecular flexibility index (Phi) is 1.42. The molecule has 0 saturated heterocycles. The molecule has 0 atom stereocenters. The zero-order valence-corrected chi connectivity index (χ0v) is 5.79. The summed E-state index contributed by atoms with van der Waals surface area (Å²) >= 11 is 0. The molecule has 1 heterocycles. The minimum atomic E-state index is 0.796. The van der Waals surface area contributed by atoms with Crippen LogP contribution in [0.3, 0.4) is 0 Å². The van der Waals surface area contributed by atoms with Crippen LogP contribution in [0.1, 0.15) is 25.2 Å². The zero-order chi connectivity index (χ0) is 6.81. The smallest absolute Gasteiger partial charge is 0.216 e. The lowest BCUT2D eigenvalue weighted by molar-refractivity contribution is 0.290. The van der Waals surface area contributed by atoms with Crippen molar-refractivity contribution in [1.29, 1.82) is 0 Å². The van der Waals surface area contributed by atoms with Gasteiger partial charge in [0.05, 0.1) is 0 Å². The maximum absolute atomic E-state index is 5.02. The Balaban J connectivity index is 1.90. The first-order valence-corrected chi connectivity index (χ1v) is 3.70. The summed E-state index contributed by atoms with van der Waals surface area (Å²) in [6.07, 6.45) is 6.43. The average molecular weight is 138 g/mol. The first-order valence-electron chi connectivity index (χ1n) is 3.70. The van der Waals surface area contributed by atoms with Crippen molar-refractivity contribution in [3.63, 3.8) is 0 Å². The van der Waals surface area contributed by atoms with Crippen LogP contribution >= 0.6 is 0 Å². The lowest BCUT2D eigenvalue weighted by Gasteiger charge is -2.23. The van der Waals surface area contributed by atoms with E-state index in [1.807, 2.05) is 0 Å². The molecule has 0 unspecified atom stereocenters. The molecule has 1 fully saturated rings. The predicted octanol–water partition coefficient (Wildman–Crippen LogP) is 1.41. The monoisotopic (exact) mass is 138 g/mol. The fraction of sp³-hybridized carbons (Fsp3) is 0.714. The summed E-state index contributed by atoms with van der Waals surface area (Å²) in [5, 5.41) is 7.44. The van der Waals surface area contributed by atoms with Gasteiger partial charge >= 0.3 is 0 Å². The second-order valence-electron chi connectivity index (χ2n) is 2.83. The molecule has 0 radical (unpaired) electrons. The Morgan fingerprint density at radius 2 is 2.50 bits per heavy atom. The normalized spacial score (nSPS) is 18.8. The first-order chi connectivity index (χ1) is 4.95. The van der Waals surface area contributed by atoms with Crippen LogP contribution in [0.4, 0.5) is 0 Å². The van der Waals surface area contributed by atoms with E-state index < -0.39 is 0 Å². The molecule has 54 valence electrons. The molecule has 0 N–H and O–H groups in total. The van der Waals surface area contributed by atoms with Crippen LogP contribution in [0, 0.1) is 5.92 Å². The van der Waals surface area contributed by atoms with Gasteiger partial charge in [-0.3, -0.25) is 0 Å². The number of hydrogen-bond donors (Lipinski definition) is 0. The lowest BCUT2D eigenvalue weighted by Crippen LogP contribution is -2.13. The van der Waals surface area contributed by atoms with Crippen LogP contribution in [-0.2, 0) is 6.42 Å². The molecule has 3 heteroatoms. The SMILES string of the molecule is c1nnc(CC2CCC2)o1. The fourth-order valence-corrected chi connectivity index (χ4v) is 1.23. The zero-order valence-electron chi connectivity index (χ0n) is 5.79. The Labute approximate surface area is 59.5 Å². The van der Waals surface area contributed by atoms with Crippen LogP contribution in [-0.4, -0.2) is 10.2 Å². The maximum atomic E-state index is 5.02. The van der Waals surface area contributed by atoms with Crippen molar-refractivity contribution in [2.45, 2.75) is 25.7 Å². The van der Waals surface area contributed by atoms with Gasteiger partial charge in [-0.1, -0.05) is 6.42 Å². The number of nitrogens with zero attached hydrogens (tertiary/aromatic N) is 2. The standard InChI is InChI=1S/C7H10N2O/c1-2-6(3-1)4-7-9-8-5-10-7/h5-6H,1-4H2. The summed E-state index contributed by atoms with van der Waals surface area (Å²) < 4.78 is 5.02. The van der Waals surface area contributed by atoms with Crippen molar-refractivity contribution < 1.29 is 4.42 Å². The Morgan fingerprint density at radius 3 is 3.00 bits per heavy atom. The molecule has 0 aliphatic heterocycles. The van der Waals surface area contributed by atoms with E-state index in [1.54, 1.807) is 0 Å². The minimum Gasteiger partial charge on any atom is -0.428 e.